The lowest BCUT2D eigenvalue weighted by Crippen LogP contribution is -2.49. The Morgan fingerprint density at radius 2 is 1.89 bits per heavy atom. The van der Waals surface area contributed by atoms with Crippen LogP contribution in [0.1, 0.15) is 35.7 Å². The fourth-order valence-electron chi connectivity index (χ4n) is 4.80. The van der Waals surface area contributed by atoms with Crippen molar-refractivity contribution >= 4 is 39.2 Å². The second-order valence-electron chi connectivity index (χ2n) is 9.19. The zero-order valence-electron chi connectivity index (χ0n) is 20.8. The Balaban J connectivity index is 1.51. The van der Waals surface area contributed by atoms with Gasteiger partial charge in [0.1, 0.15) is 0 Å². The Morgan fingerprint density at radius 3 is 2.58 bits per heavy atom. The first-order valence-corrected chi connectivity index (χ1v) is 13.9. The third-order valence-electron chi connectivity index (χ3n) is 6.69. The number of esters is 1. The molecule has 2 aliphatic rings. The molecular weight excluding hydrogens is 506 g/mol. The molecule has 0 aliphatic carbocycles. The maximum atomic E-state index is 13.6. The number of amides is 1. The average molecular weight is 538 g/mol. The second-order valence-corrected chi connectivity index (χ2v) is 11.5. The summed E-state index contributed by atoms with van der Waals surface area (Å²) in [5.41, 5.74) is 2.07. The summed E-state index contributed by atoms with van der Waals surface area (Å²) in [6, 6.07) is 5.66. The summed E-state index contributed by atoms with van der Waals surface area (Å²) in [7, 11) is -2.42. The van der Waals surface area contributed by atoms with Gasteiger partial charge in [0.05, 0.1) is 18.1 Å². The molecule has 1 aromatic carbocycles. The van der Waals surface area contributed by atoms with Crippen LogP contribution >= 0.6 is 11.6 Å². The van der Waals surface area contributed by atoms with Crippen LogP contribution in [0.3, 0.4) is 0 Å². The Hall–Kier alpha value is -2.63. The summed E-state index contributed by atoms with van der Waals surface area (Å²) in [6.45, 7) is 6.15. The molecule has 1 aromatic heterocycles. The standard InChI is InChI=1S/C24H32ClN5O5S/c1-4-35-24(32)18-6-5-9-29(15-18)23(31)20-16-27(3)26-22(20)36(33,34)30-12-10-28(11-13-30)21-14-19(25)8-7-17(21)2/h7-8,14,16,18H,4-6,9-13,15H2,1-3H3/t18-/m1/s1. The quantitative estimate of drug-likeness (QED) is 0.521. The first kappa shape index (κ1) is 26.4. The van der Waals surface area contributed by atoms with Crippen LogP contribution in [0.15, 0.2) is 29.4 Å². The number of ether oxygens (including phenoxy) is 1. The van der Waals surface area contributed by atoms with Gasteiger partial charge in [0.25, 0.3) is 15.9 Å². The second kappa shape index (κ2) is 10.8. The van der Waals surface area contributed by atoms with E-state index < -0.39 is 21.8 Å². The number of piperazine rings is 1. The molecule has 36 heavy (non-hydrogen) atoms. The molecule has 0 spiro atoms. The zero-order valence-corrected chi connectivity index (χ0v) is 22.4. The highest BCUT2D eigenvalue weighted by Crippen LogP contribution is 2.28. The summed E-state index contributed by atoms with van der Waals surface area (Å²) in [6.07, 6.45) is 2.72. The van der Waals surface area contributed by atoms with E-state index in [9.17, 15) is 18.0 Å². The molecule has 2 saturated heterocycles. The number of anilines is 1. The van der Waals surface area contributed by atoms with Gasteiger partial charge in [-0.1, -0.05) is 17.7 Å². The zero-order chi connectivity index (χ0) is 26.0. The molecule has 0 bridgehead atoms. The van der Waals surface area contributed by atoms with E-state index in [-0.39, 0.29) is 42.8 Å². The van der Waals surface area contributed by atoms with Gasteiger partial charge in [-0.05, 0) is 44.4 Å². The third-order valence-corrected chi connectivity index (χ3v) is 8.76. The molecule has 2 fully saturated rings. The van der Waals surface area contributed by atoms with Crippen molar-refractivity contribution in [2.24, 2.45) is 13.0 Å². The Bertz CT molecular complexity index is 1240. The molecule has 196 valence electrons. The molecule has 10 nitrogen and oxygen atoms in total. The first-order valence-electron chi connectivity index (χ1n) is 12.1. The lowest BCUT2D eigenvalue weighted by molar-refractivity contribution is -0.149. The smallest absolute Gasteiger partial charge is 0.310 e. The van der Waals surface area contributed by atoms with Gasteiger partial charge in [0.15, 0.2) is 0 Å². The van der Waals surface area contributed by atoms with Crippen molar-refractivity contribution in [2.75, 3.05) is 50.8 Å². The van der Waals surface area contributed by atoms with Crippen LogP contribution in [-0.4, -0.2) is 85.2 Å². The van der Waals surface area contributed by atoms with Gasteiger partial charge in [0.2, 0.25) is 5.03 Å². The molecule has 2 aromatic rings. The van der Waals surface area contributed by atoms with E-state index in [1.807, 2.05) is 25.1 Å². The van der Waals surface area contributed by atoms with Crippen molar-refractivity contribution in [1.29, 1.82) is 0 Å². The van der Waals surface area contributed by atoms with Gasteiger partial charge < -0.3 is 14.5 Å². The fourth-order valence-corrected chi connectivity index (χ4v) is 6.51. The van der Waals surface area contributed by atoms with Crippen LogP contribution in [0.4, 0.5) is 5.69 Å². The number of sulfonamides is 1. The van der Waals surface area contributed by atoms with E-state index in [2.05, 4.69) is 10.00 Å². The SMILES string of the molecule is CCOC(=O)[C@@H]1CCCN(C(=O)c2cn(C)nc2S(=O)(=O)N2CCN(c3cc(Cl)ccc3C)CC2)C1. The molecule has 0 radical (unpaired) electrons. The molecule has 4 rings (SSSR count). The predicted molar refractivity (Wildman–Crippen MR) is 136 cm³/mol. The molecule has 3 heterocycles. The summed E-state index contributed by atoms with van der Waals surface area (Å²) in [4.78, 5) is 29.3. The van der Waals surface area contributed by atoms with Gasteiger partial charge >= 0.3 is 5.97 Å². The summed E-state index contributed by atoms with van der Waals surface area (Å²) in [5.74, 6) is -1.19. The average Bonchev–Trinajstić information content (AvgIpc) is 3.28. The lowest BCUT2D eigenvalue weighted by Gasteiger charge is -2.36. The van der Waals surface area contributed by atoms with Crippen LogP contribution in [-0.2, 0) is 26.6 Å². The topological polar surface area (TPSA) is 105 Å². The highest BCUT2D eigenvalue weighted by Gasteiger charge is 2.37. The number of aryl methyl sites for hydroxylation is 2. The normalized spacial score (nSPS) is 19.4. The number of rotatable bonds is 6. The van der Waals surface area contributed by atoms with Crippen molar-refractivity contribution in [3.63, 3.8) is 0 Å². The number of carbonyl (C=O) groups is 2. The Labute approximate surface area is 216 Å². The molecule has 1 amide bonds. The molecule has 1 atom stereocenters. The molecule has 0 N–H and O–H groups in total. The van der Waals surface area contributed by atoms with Crippen molar-refractivity contribution in [3.05, 3.63) is 40.5 Å². The van der Waals surface area contributed by atoms with Crippen molar-refractivity contribution in [3.8, 4) is 0 Å². The summed E-state index contributed by atoms with van der Waals surface area (Å²) >= 11 is 6.17. The Kier molecular flexibility index (Phi) is 7.91. The van der Waals surface area contributed by atoms with Gasteiger partial charge in [0, 0.05) is 63.2 Å². The number of benzene rings is 1. The van der Waals surface area contributed by atoms with Gasteiger partial charge in [-0.3, -0.25) is 14.3 Å². The van der Waals surface area contributed by atoms with Gasteiger partial charge in [-0.15, -0.1) is 0 Å². The maximum Gasteiger partial charge on any atom is 0.310 e. The number of hydrogen-bond acceptors (Lipinski definition) is 7. The number of piperidine rings is 1. The molecule has 0 saturated carbocycles. The minimum Gasteiger partial charge on any atom is -0.466 e. The van der Waals surface area contributed by atoms with Crippen LogP contribution in [0.5, 0.6) is 0 Å². The Morgan fingerprint density at radius 1 is 1.17 bits per heavy atom. The highest BCUT2D eigenvalue weighted by molar-refractivity contribution is 7.89. The predicted octanol–water partition coefficient (Wildman–Crippen LogP) is 2.31. The molecule has 12 heteroatoms. The minimum absolute atomic E-state index is 0.0233. The summed E-state index contributed by atoms with van der Waals surface area (Å²) in [5, 5.41) is 4.56. The highest BCUT2D eigenvalue weighted by atomic mass is 35.5. The number of halogens is 1. The van der Waals surface area contributed by atoms with E-state index in [0.29, 0.717) is 37.5 Å². The van der Waals surface area contributed by atoms with E-state index in [4.69, 9.17) is 16.3 Å². The van der Waals surface area contributed by atoms with E-state index in [0.717, 1.165) is 11.3 Å². The van der Waals surface area contributed by atoms with Crippen LogP contribution in [0.25, 0.3) is 0 Å². The number of nitrogens with zero attached hydrogens (tertiary/aromatic N) is 5. The fraction of sp³-hybridized carbons (Fsp3) is 0.542. The third kappa shape index (κ3) is 5.37. The van der Waals surface area contributed by atoms with E-state index >= 15 is 0 Å². The number of aromatic nitrogens is 2. The largest absolute Gasteiger partial charge is 0.466 e. The summed E-state index contributed by atoms with van der Waals surface area (Å²) < 4.78 is 35.0. The van der Waals surface area contributed by atoms with Crippen LogP contribution in [0, 0.1) is 12.8 Å². The van der Waals surface area contributed by atoms with Gasteiger partial charge in [-0.25, -0.2) is 8.42 Å². The van der Waals surface area contributed by atoms with E-state index in [1.54, 1.807) is 14.0 Å². The molecular formula is C24H32ClN5O5S. The molecule has 2 aliphatic heterocycles. The maximum absolute atomic E-state index is 13.6. The lowest BCUT2D eigenvalue weighted by atomic mass is 9.98. The van der Waals surface area contributed by atoms with E-state index in [1.165, 1.54) is 20.1 Å². The first-order chi connectivity index (χ1) is 17.1. The monoisotopic (exact) mass is 537 g/mol. The molecule has 0 unspecified atom stereocenters. The van der Waals surface area contributed by atoms with Gasteiger partial charge in [-0.2, -0.15) is 9.40 Å². The number of hydrogen-bond donors (Lipinski definition) is 0. The van der Waals surface area contributed by atoms with Crippen LogP contribution in [0.2, 0.25) is 5.02 Å². The number of carbonyl (C=O) groups excluding carboxylic acids is 2. The van der Waals surface area contributed by atoms with Crippen molar-refractivity contribution in [1.82, 2.24) is 19.0 Å². The van der Waals surface area contributed by atoms with Crippen LogP contribution < -0.4 is 4.90 Å². The minimum atomic E-state index is -4.01. The number of likely N-dealkylation sites (tertiary alicyclic amines) is 1. The van der Waals surface area contributed by atoms with Crippen molar-refractivity contribution < 1.29 is 22.7 Å². The van der Waals surface area contributed by atoms with Crippen molar-refractivity contribution in [2.45, 2.75) is 31.7 Å².